The molecule has 1 aliphatic rings. The zero-order valence-electron chi connectivity index (χ0n) is 16.2. The van der Waals surface area contributed by atoms with E-state index in [1.54, 1.807) is 10.6 Å². The molecule has 1 aliphatic heterocycles. The second-order valence-electron chi connectivity index (χ2n) is 7.15. The fourth-order valence-electron chi connectivity index (χ4n) is 3.81. The molecule has 4 aromatic rings. The van der Waals surface area contributed by atoms with E-state index < -0.39 is 0 Å². The van der Waals surface area contributed by atoms with Crippen molar-refractivity contribution < 1.29 is 0 Å². The third-order valence-corrected chi connectivity index (χ3v) is 5.55. The van der Waals surface area contributed by atoms with Gasteiger partial charge in [0.2, 0.25) is 0 Å². The molecule has 0 radical (unpaired) electrons. The number of nitrogens with one attached hydrogen (secondary N) is 1. The number of hydrogen-bond donors (Lipinski definition) is 1. The van der Waals surface area contributed by atoms with Gasteiger partial charge >= 0.3 is 0 Å². The summed E-state index contributed by atoms with van der Waals surface area (Å²) in [5, 5.41) is 5.17. The number of benzene rings is 2. The van der Waals surface area contributed by atoms with E-state index in [0.29, 0.717) is 22.6 Å². The van der Waals surface area contributed by atoms with Crippen molar-refractivity contribution in [1.82, 2.24) is 14.5 Å². The summed E-state index contributed by atoms with van der Waals surface area (Å²) in [6, 6.07) is 16.8. The average Bonchev–Trinajstić information content (AvgIpc) is 3.24. The molecule has 2 aromatic heterocycles. The predicted molar refractivity (Wildman–Crippen MR) is 120 cm³/mol. The molecule has 148 valence electrons. The molecule has 7 heteroatoms. The molecule has 6 nitrogen and oxygen atoms in total. The number of aliphatic imine (C=N–C) groups is 1. The van der Waals surface area contributed by atoms with Crippen LogP contribution < -0.4 is 10.9 Å². The van der Waals surface area contributed by atoms with Crippen LogP contribution in [0.25, 0.3) is 16.5 Å². The molecule has 1 N–H and O–H groups in total. The Balaban J connectivity index is 1.69. The molecule has 2 aromatic carbocycles. The normalized spacial score (nSPS) is 13.4. The summed E-state index contributed by atoms with van der Waals surface area (Å²) in [7, 11) is 0. The minimum absolute atomic E-state index is 0.154. The van der Waals surface area contributed by atoms with Gasteiger partial charge in [-0.2, -0.15) is 0 Å². The molecule has 30 heavy (non-hydrogen) atoms. The molecule has 3 heterocycles. The number of para-hydroxylation sites is 1. The summed E-state index contributed by atoms with van der Waals surface area (Å²) in [6.07, 6.45) is 4.06. The van der Waals surface area contributed by atoms with Crippen LogP contribution in [0.5, 0.6) is 0 Å². The Kier molecular flexibility index (Phi) is 4.56. The summed E-state index contributed by atoms with van der Waals surface area (Å²) >= 11 is 6.39. The van der Waals surface area contributed by atoms with Crippen LogP contribution >= 0.6 is 11.6 Å². The molecule has 1 unspecified atom stereocenters. The largest absolute Gasteiger partial charge is 0.360 e. The van der Waals surface area contributed by atoms with Crippen molar-refractivity contribution in [1.29, 1.82) is 0 Å². The van der Waals surface area contributed by atoms with Gasteiger partial charge in [-0.25, -0.2) is 9.97 Å². The summed E-state index contributed by atoms with van der Waals surface area (Å²) in [4.78, 5) is 26.6. The van der Waals surface area contributed by atoms with Gasteiger partial charge in [0.1, 0.15) is 12.0 Å². The lowest BCUT2D eigenvalue weighted by Gasteiger charge is -2.22. The van der Waals surface area contributed by atoms with Crippen molar-refractivity contribution in [3.05, 3.63) is 87.7 Å². The SMILES string of the molecule is CC(Nc1ncnc2c1N=CC2)c1cc2cccc(Cl)c2c(=O)n1-c1ccccc1. The quantitative estimate of drug-likeness (QED) is 0.516. The van der Waals surface area contributed by atoms with Crippen molar-refractivity contribution in [2.45, 2.75) is 19.4 Å². The van der Waals surface area contributed by atoms with E-state index in [1.807, 2.05) is 61.7 Å². The first-order valence-electron chi connectivity index (χ1n) is 9.66. The van der Waals surface area contributed by atoms with E-state index in [9.17, 15) is 4.79 Å². The second-order valence-corrected chi connectivity index (χ2v) is 7.56. The third kappa shape index (κ3) is 3.06. The molecule has 0 saturated heterocycles. The topological polar surface area (TPSA) is 72.2 Å². The Labute approximate surface area is 177 Å². The smallest absolute Gasteiger partial charge is 0.264 e. The Morgan fingerprint density at radius 2 is 1.93 bits per heavy atom. The van der Waals surface area contributed by atoms with Crippen molar-refractivity contribution in [3.8, 4) is 5.69 Å². The number of hydrogen-bond acceptors (Lipinski definition) is 5. The Bertz CT molecular complexity index is 1350. The number of anilines is 1. The summed E-state index contributed by atoms with van der Waals surface area (Å²) in [6.45, 7) is 2.00. The van der Waals surface area contributed by atoms with Gasteiger partial charge in [0.15, 0.2) is 5.82 Å². The zero-order valence-corrected chi connectivity index (χ0v) is 17.0. The highest BCUT2D eigenvalue weighted by molar-refractivity contribution is 6.35. The van der Waals surface area contributed by atoms with Gasteiger partial charge in [-0.15, -0.1) is 0 Å². The molecule has 0 bridgehead atoms. The van der Waals surface area contributed by atoms with Crippen LogP contribution in [0.4, 0.5) is 11.5 Å². The monoisotopic (exact) mass is 415 g/mol. The lowest BCUT2D eigenvalue weighted by atomic mass is 10.1. The maximum atomic E-state index is 13.5. The van der Waals surface area contributed by atoms with Crippen LogP contribution in [0.15, 0.2) is 70.7 Å². The van der Waals surface area contributed by atoms with Gasteiger partial charge in [-0.1, -0.05) is 41.9 Å². The maximum Gasteiger partial charge on any atom is 0.264 e. The predicted octanol–water partition coefficient (Wildman–Crippen LogP) is 4.87. The van der Waals surface area contributed by atoms with Gasteiger partial charge in [0.05, 0.1) is 22.1 Å². The minimum atomic E-state index is -0.226. The molecule has 0 aliphatic carbocycles. The maximum absolute atomic E-state index is 13.5. The Morgan fingerprint density at radius 1 is 1.10 bits per heavy atom. The lowest BCUT2D eigenvalue weighted by molar-refractivity contribution is 0.772. The molecule has 1 atom stereocenters. The van der Waals surface area contributed by atoms with E-state index in [4.69, 9.17) is 11.6 Å². The second kappa shape index (κ2) is 7.39. The molecular formula is C23H18ClN5O. The fraction of sp³-hybridized carbons (Fsp3) is 0.130. The standard InChI is InChI=1S/C23H18ClN5O/c1-14(28-22-21-18(10-11-25-21)26-13-27-22)19-12-15-6-5-9-17(24)20(15)23(30)29(19)16-7-3-2-4-8-16/h2-9,11-14H,10H2,1H3,(H,26,27,28). The number of rotatable bonds is 4. The number of fused-ring (bicyclic) bond motifs is 2. The first-order valence-corrected chi connectivity index (χ1v) is 10.0. The van der Waals surface area contributed by atoms with Gasteiger partial charge in [-0.3, -0.25) is 14.4 Å². The first-order chi connectivity index (χ1) is 14.6. The highest BCUT2D eigenvalue weighted by atomic mass is 35.5. The van der Waals surface area contributed by atoms with Gasteiger partial charge < -0.3 is 5.32 Å². The zero-order chi connectivity index (χ0) is 20.7. The summed E-state index contributed by atoms with van der Waals surface area (Å²) in [5.74, 6) is 0.652. The molecule has 0 spiro atoms. The van der Waals surface area contributed by atoms with Crippen LogP contribution in [0.2, 0.25) is 5.02 Å². The lowest BCUT2D eigenvalue weighted by Crippen LogP contribution is -2.25. The van der Waals surface area contributed by atoms with Crippen LogP contribution in [0.3, 0.4) is 0 Å². The average molecular weight is 416 g/mol. The number of pyridine rings is 1. The molecule has 5 rings (SSSR count). The van der Waals surface area contributed by atoms with Gasteiger partial charge in [0.25, 0.3) is 5.56 Å². The van der Waals surface area contributed by atoms with Crippen LogP contribution in [-0.4, -0.2) is 20.7 Å². The highest BCUT2D eigenvalue weighted by Crippen LogP contribution is 2.32. The number of aromatic nitrogens is 3. The van der Waals surface area contributed by atoms with Crippen LogP contribution in [0.1, 0.15) is 24.4 Å². The van der Waals surface area contributed by atoms with Crippen LogP contribution in [0, 0.1) is 0 Å². The van der Waals surface area contributed by atoms with Crippen molar-refractivity contribution in [2.75, 3.05) is 5.32 Å². The van der Waals surface area contributed by atoms with Crippen molar-refractivity contribution in [3.63, 3.8) is 0 Å². The molecule has 0 amide bonds. The van der Waals surface area contributed by atoms with Crippen LogP contribution in [-0.2, 0) is 6.42 Å². The van der Waals surface area contributed by atoms with Crippen molar-refractivity contribution >= 4 is 40.1 Å². The molecular weight excluding hydrogens is 398 g/mol. The van der Waals surface area contributed by atoms with E-state index in [2.05, 4.69) is 20.3 Å². The van der Waals surface area contributed by atoms with Crippen molar-refractivity contribution in [2.24, 2.45) is 4.99 Å². The Morgan fingerprint density at radius 3 is 2.77 bits per heavy atom. The Hall–Kier alpha value is -3.51. The first kappa shape index (κ1) is 18.5. The van der Waals surface area contributed by atoms with Gasteiger partial charge in [0, 0.05) is 24.0 Å². The van der Waals surface area contributed by atoms with E-state index >= 15 is 0 Å². The molecule has 0 fully saturated rings. The minimum Gasteiger partial charge on any atom is -0.360 e. The number of nitrogens with zero attached hydrogens (tertiary/aromatic N) is 4. The number of halogens is 1. The van der Waals surface area contributed by atoms with E-state index in [0.717, 1.165) is 28.1 Å². The van der Waals surface area contributed by atoms with E-state index in [1.165, 1.54) is 6.33 Å². The van der Waals surface area contributed by atoms with E-state index in [-0.39, 0.29) is 11.6 Å². The van der Waals surface area contributed by atoms with Gasteiger partial charge in [-0.05, 0) is 36.6 Å². The third-order valence-electron chi connectivity index (χ3n) is 5.24. The highest BCUT2D eigenvalue weighted by Gasteiger charge is 2.20. The molecule has 0 saturated carbocycles. The summed E-state index contributed by atoms with van der Waals surface area (Å²) in [5.41, 5.74) is 3.07. The summed E-state index contributed by atoms with van der Waals surface area (Å²) < 4.78 is 1.70. The fourth-order valence-corrected chi connectivity index (χ4v) is 4.07.